The maximum Gasteiger partial charge on any atom is 0.255 e. The normalized spacial score (nSPS) is 11.4. The van der Waals surface area contributed by atoms with E-state index in [-0.39, 0.29) is 10.8 Å². The van der Waals surface area contributed by atoms with Crippen LogP contribution in [0.15, 0.2) is 77.8 Å². The van der Waals surface area contributed by atoms with Crippen molar-refractivity contribution in [1.82, 2.24) is 19.3 Å². The number of nitrogens with one attached hydrogen (secondary N) is 1. The van der Waals surface area contributed by atoms with Gasteiger partial charge < -0.3 is 14.8 Å². The molecule has 0 unspecified atom stereocenters. The molecule has 0 saturated heterocycles. The van der Waals surface area contributed by atoms with E-state index in [0.29, 0.717) is 35.8 Å². The zero-order valence-corrected chi connectivity index (χ0v) is 22.4. The van der Waals surface area contributed by atoms with E-state index >= 15 is 0 Å². The van der Waals surface area contributed by atoms with E-state index in [1.165, 1.54) is 28.6 Å². The molecule has 0 aliphatic carbocycles. The molecule has 1 amide bonds. The van der Waals surface area contributed by atoms with E-state index in [4.69, 9.17) is 9.47 Å². The summed E-state index contributed by atoms with van der Waals surface area (Å²) in [5.74, 6) is 0.862. The molecule has 38 heavy (non-hydrogen) atoms. The van der Waals surface area contributed by atoms with Gasteiger partial charge in [0.2, 0.25) is 10.0 Å². The minimum Gasteiger partial charge on any atom is -0.493 e. The number of hydrogen-bond acceptors (Lipinski definition) is 7. The Bertz CT molecular complexity index is 1510. The molecular formula is C27H29N5O5S. The minimum atomic E-state index is -3.59. The lowest BCUT2D eigenvalue weighted by molar-refractivity contribution is 0.102. The van der Waals surface area contributed by atoms with Crippen molar-refractivity contribution in [1.29, 1.82) is 0 Å². The van der Waals surface area contributed by atoms with Crippen LogP contribution in [0.3, 0.4) is 0 Å². The van der Waals surface area contributed by atoms with Crippen molar-refractivity contribution in [3.05, 3.63) is 78.5 Å². The number of nitrogens with zero attached hydrogens (tertiary/aromatic N) is 4. The van der Waals surface area contributed by atoms with Gasteiger partial charge in [-0.1, -0.05) is 19.1 Å². The molecule has 3 aromatic carbocycles. The molecule has 0 atom stereocenters. The average molecular weight is 536 g/mol. The smallest absolute Gasteiger partial charge is 0.255 e. The number of carbonyl (C=O) groups excluding carboxylic acids is 1. The number of anilines is 1. The lowest BCUT2D eigenvalue weighted by atomic mass is 10.1. The van der Waals surface area contributed by atoms with Crippen LogP contribution in [0, 0.1) is 0 Å². The summed E-state index contributed by atoms with van der Waals surface area (Å²) in [6, 6.07) is 18.6. The van der Waals surface area contributed by atoms with Gasteiger partial charge in [-0.2, -0.15) is 4.31 Å². The van der Waals surface area contributed by atoms with E-state index in [0.717, 1.165) is 16.9 Å². The second kappa shape index (κ2) is 11.4. The Morgan fingerprint density at radius 3 is 2.18 bits per heavy atom. The predicted octanol–water partition coefficient (Wildman–Crippen LogP) is 4.23. The molecule has 198 valence electrons. The van der Waals surface area contributed by atoms with Crippen LogP contribution in [0.1, 0.15) is 24.2 Å². The summed E-state index contributed by atoms with van der Waals surface area (Å²) in [6.45, 7) is 4.32. The Morgan fingerprint density at radius 1 is 0.921 bits per heavy atom. The number of ether oxygens (including phenoxy) is 2. The first-order chi connectivity index (χ1) is 18.3. The molecule has 1 aromatic heterocycles. The van der Waals surface area contributed by atoms with Crippen LogP contribution in [0.5, 0.6) is 11.5 Å². The Kier molecular flexibility index (Phi) is 8.08. The van der Waals surface area contributed by atoms with Crippen LogP contribution in [0.4, 0.5) is 5.69 Å². The number of methoxy groups -OCH3 is 2. The monoisotopic (exact) mass is 535 g/mol. The first-order valence-corrected chi connectivity index (χ1v) is 13.4. The van der Waals surface area contributed by atoms with Gasteiger partial charge in [-0.15, -0.1) is 5.10 Å². The third-order valence-electron chi connectivity index (χ3n) is 6.06. The minimum absolute atomic E-state index is 0.153. The molecule has 0 bridgehead atoms. The number of rotatable bonds is 10. The summed E-state index contributed by atoms with van der Waals surface area (Å²) in [7, 11) is -0.429. The lowest BCUT2D eigenvalue weighted by Gasteiger charge is -2.18. The van der Waals surface area contributed by atoms with Crippen molar-refractivity contribution in [2.45, 2.75) is 18.7 Å². The lowest BCUT2D eigenvalue weighted by Crippen LogP contribution is -2.30. The maximum atomic E-state index is 12.8. The molecule has 4 aromatic rings. The quantitative estimate of drug-likeness (QED) is 0.323. The molecule has 0 aliphatic rings. The van der Waals surface area contributed by atoms with Gasteiger partial charge in [-0.3, -0.25) is 4.79 Å². The summed E-state index contributed by atoms with van der Waals surface area (Å²) in [4.78, 5) is 12.9. The van der Waals surface area contributed by atoms with Crippen molar-refractivity contribution >= 4 is 21.6 Å². The van der Waals surface area contributed by atoms with Gasteiger partial charge in [0.1, 0.15) is 0 Å². The zero-order valence-electron chi connectivity index (χ0n) is 21.6. The van der Waals surface area contributed by atoms with Gasteiger partial charge in [0, 0.05) is 29.9 Å². The van der Waals surface area contributed by atoms with Gasteiger partial charge >= 0.3 is 0 Å². The van der Waals surface area contributed by atoms with Crippen LogP contribution in [-0.4, -0.2) is 60.9 Å². The number of carbonyl (C=O) groups is 1. The molecule has 4 rings (SSSR count). The van der Waals surface area contributed by atoms with Crippen molar-refractivity contribution in [2.75, 3.05) is 32.6 Å². The number of hydrogen-bond donors (Lipinski definition) is 1. The van der Waals surface area contributed by atoms with Crippen LogP contribution in [0.2, 0.25) is 0 Å². The first-order valence-electron chi connectivity index (χ1n) is 12.0. The summed E-state index contributed by atoms with van der Waals surface area (Å²) < 4.78 is 39.1. The van der Waals surface area contributed by atoms with E-state index < -0.39 is 10.0 Å². The number of sulfonamides is 1. The first kappa shape index (κ1) is 26.8. The third kappa shape index (κ3) is 5.38. The highest BCUT2D eigenvalue weighted by atomic mass is 32.2. The fourth-order valence-corrected chi connectivity index (χ4v) is 5.46. The maximum absolute atomic E-state index is 12.8. The molecule has 0 aliphatic heterocycles. The highest BCUT2D eigenvalue weighted by molar-refractivity contribution is 7.89. The third-order valence-corrected chi connectivity index (χ3v) is 8.12. The second-order valence-corrected chi connectivity index (χ2v) is 10.2. The fourth-order valence-electron chi connectivity index (χ4n) is 4.00. The van der Waals surface area contributed by atoms with Crippen molar-refractivity contribution < 1.29 is 22.7 Å². The van der Waals surface area contributed by atoms with Crippen molar-refractivity contribution in [3.63, 3.8) is 0 Å². The molecule has 1 heterocycles. The summed E-state index contributed by atoms with van der Waals surface area (Å²) in [6.07, 6.45) is 1.65. The Morgan fingerprint density at radius 2 is 1.58 bits per heavy atom. The van der Waals surface area contributed by atoms with Crippen LogP contribution < -0.4 is 14.8 Å². The number of benzene rings is 3. The van der Waals surface area contributed by atoms with Gasteiger partial charge in [0.15, 0.2) is 11.5 Å². The standard InChI is InChI=1S/C27H29N5O5S/c1-5-31(6-2)38(34,35)23-14-7-19(8-15-23)27(33)29-21-10-12-22(13-11-21)32-24(18-28-30-32)20-9-16-25(36-3)26(17-20)37-4/h7-18H,5-6H2,1-4H3,(H,29,33). The van der Waals surface area contributed by atoms with Crippen LogP contribution >= 0.6 is 0 Å². The van der Waals surface area contributed by atoms with Gasteiger partial charge in [0.25, 0.3) is 5.91 Å². The molecule has 0 fully saturated rings. The molecule has 11 heteroatoms. The Hall–Kier alpha value is -4.22. The molecule has 0 saturated carbocycles. The molecule has 0 spiro atoms. The molecule has 0 radical (unpaired) electrons. The zero-order chi connectivity index (χ0) is 27.3. The van der Waals surface area contributed by atoms with Gasteiger partial charge in [-0.25, -0.2) is 13.1 Å². The summed E-state index contributed by atoms with van der Waals surface area (Å²) in [5, 5.41) is 11.1. The Labute approximate surface area is 221 Å². The average Bonchev–Trinajstić information content (AvgIpc) is 3.43. The van der Waals surface area contributed by atoms with Crippen molar-refractivity contribution in [3.8, 4) is 28.4 Å². The van der Waals surface area contributed by atoms with E-state index in [2.05, 4.69) is 15.6 Å². The Balaban J connectivity index is 1.49. The molecular weight excluding hydrogens is 506 g/mol. The highest BCUT2D eigenvalue weighted by Crippen LogP contribution is 2.32. The topological polar surface area (TPSA) is 116 Å². The van der Waals surface area contributed by atoms with E-state index in [1.807, 2.05) is 30.3 Å². The number of aromatic nitrogens is 3. The summed E-state index contributed by atoms with van der Waals surface area (Å²) >= 11 is 0. The van der Waals surface area contributed by atoms with E-state index in [1.54, 1.807) is 51.1 Å². The highest BCUT2D eigenvalue weighted by Gasteiger charge is 2.21. The molecule has 10 nitrogen and oxygen atoms in total. The predicted molar refractivity (Wildman–Crippen MR) is 144 cm³/mol. The van der Waals surface area contributed by atoms with Crippen LogP contribution in [-0.2, 0) is 10.0 Å². The van der Waals surface area contributed by atoms with Gasteiger partial charge in [0.05, 0.1) is 36.7 Å². The van der Waals surface area contributed by atoms with Crippen molar-refractivity contribution in [2.24, 2.45) is 0 Å². The van der Waals surface area contributed by atoms with Crippen LogP contribution in [0.25, 0.3) is 16.9 Å². The van der Waals surface area contributed by atoms with E-state index in [9.17, 15) is 13.2 Å². The SMILES string of the molecule is CCN(CC)S(=O)(=O)c1ccc(C(=O)Nc2ccc(-n3nncc3-c3ccc(OC)c(OC)c3)cc2)cc1. The number of amides is 1. The van der Waals surface area contributed by atoms with Gasteiger partial charge in [-0.05, 0) is 66.7 Å². The fraction of sp³-hybridized carbons (Fsp3) is 0.222. The summed E-state index contributed by atoms with van der Waals surface area (Å²) in [5.41, 5.74) is 3.26. The molecule has 1 N–H and O–H groups in total. The largest absolute Gasteiger partial charge is 0.493 e. The second-order valence-electron chi connectivity index (χ2n) is 8.22.